The van der Waals surface area contributed by atoms with Crippen LogP contribution in [0.15, 0.2) is 53.0 Å². The van der Waals surface area contributed by atoms with Gasteiger partial charge >= 0.3 is 5.97 Å². The highest BCUT2D eigenvalue weighted by Gasteiger charge is 2.34. The number of hydrogen-bond donors (Lipinski definition) is 0. The minimum absolute atomic E-state index is 0.0417. The minimum Gasteiger partial charge on any atom is -0.482 e. The van der Waals surface area contributed by atoms with Gasteiger partial charge in [-0.15, -0.1) is 0 Å². The number of ether oxygens (including phenoxy) is 2. The molecule has 0 N–H and O–H groups in total. The number of benzene rings is 2. The molecule has 0 unspecified atom stereocenters. The van der Waals surface area contributed by atoms with Crippen molar-refractivity contribution in [1.82, 2.24) is 0 Å². The molecule has 26 heavy (non-hydrogen) atoms. The lowest BCUT2D eigenvalue weighted by atomic mass is 10.1. The van der Waals surface area contributed by atoms with E-state index in [1.807, 2.05) is 43.3 Å². The van der Waals surface area contributed by atoms with Crippen molar-refractivity contribution in [2.75, 3.05) is 11.5 Å². The number of amides is 1. The molecule has 2 aromatic rings. The molecule has 1 heterocycles. The molecule has 0 radical (unpaired) electrons. The van der Waals surface area contributed by atoms with E-state index in [0.717, 1.165) is 22.1 Å². The van der Waals surface area contributed by atoms with Crippen LogP contribution in [-0.2, 0) is 20.7 Å². The van der Waals surface area contributed by atoms with E-state index in [9.17, 15) is 9.59 Å². The fraction of sp³-hybridized carbons (Fsp3) is 0.300. The van der Waals surface area contributed by atoms with Crippen LogP contribution < -0.4 is 9.64 Å². The van der Waals surface area contributed by atoms with Crippen molar-refractivity contribution in [1.29, 1.82) is 0 Å². The van der Waals surface area contributed by atoms with E-state index >= 15 is 0 Å². The van der Waals surface area contributed by atoms with E-state index < -0.39 is 12.1 Å². The van der Waals surface area contributed by atoms with Crippen LogP contribution in [0.1, 0.15) is 19.4 Å². The second kappa shape index (κ2) is 7.91. The third-order valence-corrected chi connectivity index (χ3v) is 4.80. The monoisotopic (exact) mass is 417 g/mol. The zero-order valence-electron chi connectivity index (χ0n) is 14.6. The summed E-state index contributed by atoms with van der Waals surface area (Å²) in [5.41, 5.74) is 2.02. The lowest BCUT2D eigenvalue weighted by molar-refractivity contribution is -0.155. The van der Waals surface area contributed by atoms with E-state index in [0.29, 0.717) is 5.75 Å². The standard InChI is InChI=1S/C20H20BrNO4/c1-13-11-15-5-3-4-6-18(15)22(13)20(24)14(2)26-19(23)12-25-17-9-7-16(21)8-10-17/h3-10,13-14H,11-12H2,1-2H3/t13-,14-/m0/s1. The van der Waals surface area contributed by atoms with E-state index in [-0.39, 0.29) is 18.6 Å². The number of rotatable bonds is 5. The largest absolute Gasteiger partial charge is 0.482 e. The highest BCUT2D eigenvalue weighted by atomic mass is 79.9. The molecule has 2 aromatic carbocycles. The number of fused-ring (bicyclic) bond motifs is 1. The molecule has 0 saturated heterocycles. The summed E-state index contributed by atoms with van der Waals surface area (Å²) in [5, 5.41) is 0. The molecule has 0 bridgehead atoms. The second-order valence-electron chi connectivity index (χ2n) is 6.26. The highest BCUT2D eigenvalue weighted by Crippen LogP contribution is 2.32. The summed E-state index contributed by atoms with van der Waals surface area (Å²) in [4.78, 5) is 26.5. The molecule has 5 nitrogen and oxygen atoms in total. The molecule has 1 aliphatic heterocycles. The summed E-state index contributed by atoms with van der Waals surface area (Å²) >= 11 is 3.33. The molecule has 0 aliphatic carbocycles. The van der Waals surface area contributed by atoms with Gasteiger partial charge in [0.2, 0.25) is 0 Å². The van der Waals surface area contributed by atoms with Crippen LogP contribution in [0.25, 0.3) is 0 Å². The molecular weight excluding hydrogens is 398 g/mol. The Hall–Kier alpha value is -2.34. The Kier molecular flexibility index (Phi) is 5.61. The van der Waals surface area contributed by atoms with Crippen molar-refractivity contribution >= 4 is 33.5 Å². The third kappa shape index (κ3) is 4.07. The van der Waals surface area contributed by atoms with E-state index in [1.165, 1.54) is 0 Å². The Morgan fingerprint density at radius 2 is 1.88 bits per heavy atom. The van der Waals surface area contributed by atoms with Crippen molar-refractivity contribution in [3.8, 4) is 5.75 Å². The molecule has 6 heteroatoms. The molecular formula is C20H20BrNO4. The van der Waals surface area contributed by atoms with Gasteiger partial charge < -0.3 is 14.4 Å². The van der Waals surface area contributed by atoms with Gasteiger partial charge in [0.05, 0.1) is 0 Å². The average Bonchev–Trinajstić information content (AvgIpc) is 2.96. The van der Waals surface area contributed by atoms with Crippen LogP contribution in [-0.4, -0.2) is 30.6 Å². The van der Waals surface area contributed by atoms with Gasteiger partial charge in [-0.05, 0) is 56.2 Å². The summed E-state index contributed by atoms with van der Waals surface area (Å²) in [5.74, 6) is -0.237. The van der Waals surface area contributed by atoms with Gasteiger partial charge in [-0.2, -0.15) is 0 Å². The summed E-state index contributed by atoms with van der Waals surface area (Å²) in [6, 6.07) is 15.0. The maximum absolute atomic E-state index is 12.8. The van der Waals surface area contributed by atoms with Crippen molar-refractivity contribution in [3.05, 3.63) is 58.6 Å². The maximum atomic E-state index is 12.8. The summed E-state index contributed by atoms with van der Waals surface area (Å²) in [6.45, 7) is 3.34. The molecule has 1 amide bonds. The zero-order chi connectivity index (χ0) is 18.7. The Balaban J connectivity index is 1.57. The number of anilines is 1. The van der Waals surface area contributed by atoms with Crippen LogP contribution >= 0.6 is 15.9 Å². The zero-order valence-corrected chi connectivity index (χ0v) is 16.2. The summed E-state index contributed by atoms with van der Waals surface area (Å²) in [7, 11) is 0. The number of nitrogens with zero attached hydrogens (tertiary/aromatic N) is 1. The van der Waals surface area contributed by atoms with Crippen molar-refractivity contribution < 1.29 is 19.1 Å². The van der Waals surface area contributed by atoms with Gasteiger partial charge in [-0.3, -0.25) is 4.79 Å². The van der Waals surface area contributed by atoms with Gasteiger partial charge in [0.15, 0.2) is 12.7 Å². The molecule has 0 fully saturated rings. The van der Waals surface area contributed by atoms with Gasteiger partial charge in [-0.25, -0.2) is 4.79 Å². The number of para-hydroxylation sites is 1. The Bertz CT molecular complexity index is 806. The predicted octanol–water partition coefficient (Wildman–Crippen LogP) is 3.74. The van der Waals surface area contributed by atoms with Crippen LogP contribution in [0.2, 0.25) is 0 Å². The van der Waals surface area contributed by atoms with E-state index in [1.54, 1.807) is 24.0 Å². The minimum atomic E-state index is -0.871. The van der Waals surface area contributed by atoms with E-state index in [4.69, 9.17) is 9.47 Å². The first kappa shape index (κ1) is 18.5. The summed E-state index contributed by atoms with van der Waals surface area (Å²) in [6.07, 6.45) is -0.0699. The second-order valence-corrected chi connectivity index (χ2v) is 7.18. The van der Waals surface area contributed by atoms with Crippen LogP contribution in [0.5, 0.6) is 5.75 Å². The number of hydrogen-bond acceptors (Lipinski definition) is 4. The maximum Gasteiger partial charge on any atom is 0.344 e. The smallest absolute Gasteiger partial charge is 0.344 e. The molecule has 2 atom stereocenters. The number of esters is 1. The van der Waals surface area contributed by atoms with Crippen molar-refractivity contribution in [3.63, 3.8) is 0 Å². The average molecular weight is 418 g/mol. The number of halogens is 1. The lowest BCUT2D eigenvalue weighted by Crippen LogP contribution is -2.43. The van der Waals surface area contributed by atoms with Crippen molar-refractivity contribution in [2.24, 2.45) is 0 Å². The molecule has 0 aromatic heterocycles. The van der Waals surface area contributed by atoms with E-state index in [2.05, 4.69) is 15.9 Å². The summed E-state index contributed by atoms with van der Waals surface area (Å²) < 4.78 is 11.6. The lowest BCUT2D eigenvalue weighted by Gasteiger charge is -2.25. The SMILES string of the molecule is C[C@H](OC(=O)COc1ccc(Br)cc1)C(=O)N1c2ccccc2C[C@@H]1C. The molecule has 0 saturated carbocycles. The Morgan fingerprint density at radius 3 is 2.62 bits per heavy atom. The number of carbonyl (C=O) groups excluding carboxylic acids is 2. The van der Waals surface area contributed by atoms with Gasteiger partial charge in [0.1, 0.15) is 5.75 Å². The van der Waals surface area contributed by atoms with Crippen LogP contribution in [0, 0.1) is 0 Å². The highest BCUT2D eigenvalue weighted by molar-refractivity contribution is 9.10. The normalized spacial score (nSPS) is 16.7. The first-order chi connectivity index (χ1) is 12.5. The molecule has 0 spiro atoms. The first-order valence-electron chi connectivity index (χ1n) is 8.44. The molecule has 3 rings (SSSR count). The number of carbonyl (C=O) groups is 2. The fourth-order valence-electron chi connectivity index (χ4n) is 3.05. The van der Waals surface area contributed by atoms with Gasteiger partial charge in [0, 0.05) is 16.2 Å². The first-order valence-corrected chi connectivity index (χ1v) is 9.24. The Labute approximate surface area is 161 Å². The quantitative estimate of drug-likeness (QED) is 0.695. The van der Waals surface area contributed by atoms with Gasteiger partial charge in [-0.1, -0.05) is 34.1 Å². The molecule has 1 aliphatic rings. The topological polar surface area (TPSA) is 55.8 Å². The molecule has 136 valence electrons. The Morgan fingerprint density at radius 1 is 1.19 bits per heavy atom. The fourth-order valence-corrected chi connectivity index (χ4v) is 3.32. The van der Waals surface area contributed by atoms with Crippen molar-refractivity contribution in [2.45, 2.75) is 32.4 Å². The van der Waals surface area contributed by atoms with Crippen LogP contribution in [0.4, 0.5) is 5.69 Å². The third-order valence-electron chi connectivity index (χ3n) is 4.27. The predicted molar refractivity (Wildman–Crippen MR) is 102 cm³/mol. The van der Waals surface area contributed by atoms with Gasteiger partial charge in [0.25, 0.3) is 5.91 Å². The van der Waals surface area contributed by atoms with Crippen LogP contribution in [0.3, 0.4) is 0 Å².